The quantitative estimate of drug-likeness (QED) is 0.701. The topological polar surface area (TPSA) is 79.0 Å². The van der Waals surface area contributed by atoms with Crippen molar-refractivity contribution >= 4 is 26.6 Å². The largest absolute Gasteiger partial charge is 0.358 e. The number of carbonyl (C=O) groups is 1. The summed E-state index contributed by atoms with van der Waals surface area (Å²) in [7, 11) is -3.22. The predicted molar refractivity (Wildman–Crippen MR) is 110 cm³/mol. The van der Waals surface area contributed by atoms with Crippen LogP contribution < -0.4 is 5.32 Å². The molecule has 1 aliphatic carbocycles. The highest BCUT2D eigenvalue weighted by atomic mass is 32.2. The summed E-state index contributed by atoms with van der Waals surface area (Å²) in [5, 5.41) is 4.15. The Morgan fingerprint density at radius 2 is 1.79 bits per heavy atom. The van der Waals surface area contributed by atoms with Crippen molar-refractivity contribution in [3.8, 4) is 0 Å². The summed E-state index contributed by atoms with van der Waals surface area (Å²) in [4.78, 5) is 16.5. The van der Waals surface area contributed by atoms with E-state index in [4.69, 9.17) is 0 Å². The number of H-pyrrole nitrogens is 1. The van der Waals surface area contributed by atoms with E-state index >= 15 is 0 Å². The number of nitrogens with one attached hydrogen (secondary N) is 2. The number of fused-ring (bicyclic) bond motifs is 3. The van der Waals surface area contributed by atoms with Crippen LogP contribution in [0.3, 0.4) is 0 Å². The number of aromatic amines is 1. The second-order valence-electron chi connectivity index (χ2n) is 7.59. The highest BCUT2D eigenvalue weighted by Crippen LogP contribution is 2.30. The molecule has 0 saturated heterocycles. The molecule has 2 N–H and O–H groups in total. The lowest BCUT2D eigenvalue weighted by Gasteiger charge is -2.15. The first-order chi connectivity index (χ1) is 13.3. The molecule has 5 nitrogen and oxygen atoms in total. The van der Waals surface area contributed by atoms with Crippen LogP contribution in [-0.4, -0.2) is 25.6 Å². The van der Waals surface area contributed by atoms with Crippen molar-refractivity contribution in [1.82, 2.24) is 10.3 Å². The molecule has 1 heterocycles. The summed E-state index contributed by atoms with van der Waals surface area (Å²) < 4.78 is 23.2. The van der Waals surface area contributed by atoms with Gasteiger partial charge in [-0.25, -0.2) is 8.42 Å². The summed E-state index contributed by atoms with van der Waals surface area (Å²) in [6.45, 7) is 1.89. The van der Waals surface area contributed by atoms with Gasteiger partial charge in [0.2, 0.25) is 0 Å². The maximum absolute atomic E-state index is 12.8. The predicted octanol–water partition coefficient (Wildman–Crippen LogP) is 3.94. The fraction of sp³-hybridized carbons (Fsp3) is 0.318. The Morgan fingerprint density at radius 3 is 2.50 bits per heavy atom. The van der Waals surface area contributed by atoms with E-state index in [2.05, 4.69) is 10.3 Å². The Kier molecular flexibility index (Phi) is 4.75. The van der Waals surface area contributed by atoms with E-state index in [1.807, 2.05) is 25.1 Å². The third kappa shape index (κ3) is 3.56. The number of sulfone groups is 1. The molecule has 0 unspecified atom stereocenters. The van der Waals surface area contributed by atoms with E-state index in [0.717, 1.165) is 29.3 Å². The lowest BCUT2D eigenvalue weighted by molar-refractivity contribution is 0.0940. The van der Waals surface area contributed by atoms with Gasteiger partial charge in [0, 0.05) is 28.4 Å². The molecule has 6 heteroatoms. The van der Waals surface area contributed by atoms with Gasteiger partial charge < -0.3 is 10.3 Å². The third-order valence-corrected chi connectivity index (χ3v) is 6.64. The minimum absolute atomic E-state index is 0.132. The van der Waals surface area contributed by atoms with Gasteiger partial charge in [-0.05, 0) is 74.1 Å². The molecule has 0 bridgehead atoms. The monoisotopic (exact) mass is 396 g/mol. The Bertz CT molecular complexity index is 1140. The molecule has 1 atom stereocenters. The van der Waals surface area contributed by atoms with Crippen LogP contribution in [0.1, 0.15) is 53.0 Å². The number of hydrogen-bond donors (Lipinski definition) is 2. The van der Waals surface area contributed by atoms with Crippen LogP contribution in [0.2, 0.25) is 0 Å². The Balaban J connectivity index is 1.54. The summed E-state index contributed by atoms with van der Waals surface area (Å²) >= 11 is 0. The van der Waals surface area contributed by atoms with Crippen molar-refractivity contribution in [2.75, 3.05) is 6.26 Å². The number of rotatable bonds is 4. The minimum Gasteiger partial charge on any atom is -0.358 e. The molecule has 28 heavy (non-hydrogen) atoms. The average Bonchev–Trinajstić information content (AvgIpc) is 3.05. The summed E-state index contributed by atoms with van der Waals surface area (Å²) in [6, 6.07) is 12.2. The molecule has 1 amide bonds. The van der Waals surface area contributed by atoms with Gasteiger partial charge in [0.05, 0.1) is 10.9 Å². The second kappa shape index (κ2) is 7.09. The van der Waals surface area contributed by atoms with Crippen molar-refractivity contribution < 1.29 is 13.2 Å². The molecule has 2 aromatic carbocycles. The van der Waals surface area contributed by atoms with Crippen LogP contribution in [0.25, 0.3) is 10.9 Å². The zero-order valence-electron chi connectivity index (χ0n) is 16.1. The average molecular weight is 397 g/mol. The van der Waals surface area contributed by atoms with Crippen molar-refractivity contribution in [3.63, 3.8) is 0 Å². The van der Waals surface area contributed by atoms with Crippen LogP contribution >= 0.6 is 0 Å². The summed E-state index contributed by atoms with van der Waals surface area (Å²) in [5.74, 6) is -0.132. The number of hydrogen-bond acceptors (Lipinski definition) is 3. The molecule has 3 aromatic rings. The minimum atomic E-state index is -3.22. The molecular weight excluding hydrogens is 372 g/mol. The van der Waals surface area contributed by atoms with E-state index in [0.29, 0.717) is 5.56 Å². The van der Waals surface area contributed by atoms with Gasteiger partial charge in [0.25, 0.3) is 5.91 Å². The van der Waals surface area contributed by atoms with Crippen LogP contribution in [0.5, 0.6) is 0 Å². The van der Waals surface area contributed by atoms with Crippen molar-refractivity contribution in [3.05, 3.63) is 64.8 Å². The highest BCUT2D eigenvalue weighted by Gasteiger charge is 2.18. The van der Waals surface area contributed by atoms with Gasteiger partial charge in [-0.2, -0.15) is 0 Å². The second-order valence-corrected chi connectivity index (χ2v) is 9.60. The van der Waals surface area contributed by atoms with Gasteiger partial charge in [0.1, 0.15) is 0 Å². The van der Waals surface area contributed by atoms with E-state index < -0.39 is 9.84 Å². The maximum Gasteiger partial charge on any atom is 0.251 e. The molecule has 4 rings (SSSR count). The van der Waals surface area contributed by atoms with Gasteiger partial charge in [0.15, 0.2) is 9.84 Å². The smallest absolute Gasteiger partial charge is 0.251 e. The van der Waals surface area contributed by atoms with Crippen molar-refractivity contribution in [1.29, 1.82) is 0 Å². The van der Waals surface area contributed by atoms with E-state index in [1.54, 1.807) is 24.3 Å². The zero-order valence-corrected chi connectivity index (χ0v) is 16.9. The Hall–Kier alpha value is -2.60. The van der Waals surface area contributed by atoms with E-state index in [-0.39, 0.29) is 16.8 Å². The standard InChI is InChI=1S/C22H24N2O3S/c1-14(15-7-10-17(11-8-15)28(2,26)27)23-22(25)16-9-12-21-19(13-16)18-5-3-4-6-20(18)24-21/h7-14,24H,3-6H2,1-2H3,(H,23,25)/t14-/m0/s1. The summed E-state index contributed by atoms with van der Waals surface area (Å²) in [6.07, 6.45) is 5.72. The van der Waals surface area contributed by atoms with Gasteiger partial charge in [-0.1, -0.05) is 12.1 Å². The third-order valence-electron chi connectivity index (χ3n) is 5.52. The fourth-order valence-corrected chi connectivity index (χ4v) is 4.54. The number of benzene rings is 2. The lowest BCUT2D eigenvalue weighted by Crippen LogP contribution is -2.26. The molecule has 0 spiro atoms. The molecule has 0 fully saturated rings. The van der Waals surface area contributed by atoms with Gasteiger partial charge >= 0.3 is 0 Å². The summed E-state index contributed by atoms with van der Waals surface area (Å²) in [5.41, 5.74) is 5.24. The Labute approximate surface area is 165 Å². The van der Waals surface area contributed by atoms with Gasteiger partial charge in [-0.15, -0.1) is 0 Å². The molecule has 1 aliphatic rings. The van der Waals surface area contributed by atoms with Crippen LogP contribution in [0, 0.1) is 0 Å². The molecule has 1 aromatic heterocycles. The first-order valence-corrected chi connectivity index (χ1v) is 11.5. The lowest BCUT2D eigenvalue weighted by atomic mass is 9.95. The molecule has 146 valence electrons. The Morgan fingerprint density at radius 1 is 1.07 bits per heavy atom. The van der Waals surface area contributed by atoms with Crippen LogP contribution in [0.15, 0.2) is 47.4 Å². The fourth-order valence-electron chi connectivity index (χ4n) is 3.91. The molecule has 0 aliphatic heterocycles. The molecular formula is C22H24N2O3S. The van der Waals surface area contributed by atoms with Crippen LogP contribution in [-0.2, 0) is 22.7 Å². The SMILES string of the molecule is C[C@H](NC(=O)c1ccc2[nH]c3c(c2c1)CCCC3)c1ccc(S(C)(=O)=O)cc1. The first-order valence-electron chi connectivity index (χ1n) is 9.57. The molecule has 0 saturated carbocycles. The maximum atomic E-state index is 12.8. The van der Waals surface area contributed by atoms with Crippen LogP contribution in [0.4, 0.5) is 0 Å². The van der Waals surface area contributed by atoms with Crippen molar-refractivity contribution in [2.45, 2.75) is 43.5 Å². The number of carbonyl (C=O) groups excluding carboxylic acids is 1. The number of aryl methyl sites for hydroxylation is 2. The first kappa shape index (κ1) is 18.7. The highest BCUT2D eigenvalue weighted by molar-refractivity contribution is 7.90. The normalized spacial score (nSPS) is 15.2. The molecule has 0 radical (unpaired) electrons. The van der Waals surface area contributed by atoms with E-state index in [1.165, 1.54) is 30.4 Å². The zero-order chi connectivity index (χ0) is 19.9. The van der Waals surface area contributed by atoms with Gasteiger partial charge in [-0.3, -0.25) is 4.79 Å². The number of amides is 1. The van der Waals surface area contributed by atoms with E-state index in [9.17, 15) is 13.2 Å². The van der Waals surface area contributed by atoms with Crippen molar-refractivity contribution in [2.24, 2.45) is 0 Å². The number of aromatic nitrogens is 1.